The molecule has 0 amide bonds. The summed E-state index contributed by atoms with van der Waals surface area (Å²) >= 11 is 2.01. The molecule has 1 aliphatic heterocycles. The van der Waals surface area contributed by atoms with E-state index in [1.54, 1.807) is 17.0 Å². The molecule has 0 unspecified atom stereocenters. The van der Waals surface area contributed by atoms with E-state index in [4.69, 9.17) is 0 Å². The van der Waals surface area contributed by atoms with E-state index in [0.29, 0.717) is 0 Å². The predicted octanol–water partition coefficient (Wildman–Crippen LogP) is 0.726. The van der Waals surface area contributed by atoms with Crippen LogP contribution in [0.4, 0.5) is 5.69 Å². The molecule has 4 nitrogen and oxygen atoms in total. The minimum Gasteiger partial charge on any atom is -0.330 e. The third kappa shape index (κ3) is 2.96. The van der Waals surface area contributed by atoms with Crippen LogP contribution in [0.1, 0.15) is 5.56 Å². The summed E-state index contributed by atoms with van der Waals surface area (Å²) in [6, 6.07) is 6.92. The van der Waals surface area contributed by atoms with Crippen molar-refractivity contribution in [2.75, 3.05) is 24.6 Å². The average Bonchev–Trinajstić information content (AvgIpc) is 2.31. The summed E-state index contributed by atoms with van der Waals surface area (Å²) in [5.74, 6) is 2.45. The Hall–Kier alpha value is -1.07. The molecule has 86 valence electrons. The number of nitrogens with zero attached hydrogens (tertiary/aromatic N) is 1. The summed E-state index contributed by atoms with van der Waals surface area (Å²) in [6.07, 6.45) is 0. The van der Waals surface area contributed by atoms with Gasteiger partial charge in [0.05, 0.1) is 18.0 Å². The molecule has 0 spiro atoms. The summed E-state index contributed by atoms with van der Waals surface area (Å²) in [4.78, 5) is 11.7. The highest BCUT2D eigenvalue weighted by atomic mass is 32.2. The highest BCUT2D eigenvalue weighted by Crippen LogP contribution is 2.11. The average molecular weight is 239 g/mol. The zero-order valence-corrected chi connectivity index (χ0v) is 9.83. The molecule has 1 N–H and O–H groups in total. The lowest BCUT2D eigenvalue weighted by Gasteiger charge is -2.23. The molecule has 0 aromatic heterocycles. The molecule has 2 rings (SSSR count). The van der Waals surface area contributed by atoms with E-state index in [1.807, 2.05) is 23.9 Å². The lowest BCUT2D eigenvalue weighted by molar-refractivity contribution is -0.910. The van der Waals surface area contributed by atoms with Crippen LogP contribution in [0.5, 0.6) is 0 Å². The zero-order chi connectivity index (χ0) is 11.4. The van der Waals surface area contributed by atoms with Crippen LogP contribution < -0.4 is 4.90 Å². The van der Waals surface area contributed by atoms with Gasteiger partial charge in [-0.25, -0.2) is 0 Å². The van der Waals surface area contributed by atoms with Crippen LogP contribution in [0.25, 0.3) is 0 Å². The molecule has 1 aromatic rings. The normalized spacial score (nSPS) is 17.2. The van der Waals surface area contributed by atoms with Crippen LogP contribution in [0, 0.1) is 10.1 Å². The van der Waals surface area contributed by atoms with E-state index in [0.717, 1.165) is 6.54 Å². The van der Waals surface area contributed by atoms with Crippen molar-refractivity contribution in [1.82, 2.24) is 0 Å². The number of non-ortho nitro benzene ring substituents is 1. The number of nitro benzene ring substituents is 1. The first-order valence-electron chi connectivity index (χ1n) is 5.40. The van der Waals surface area contributed by atoms with Gasteiger partial charge in [0.1, 0.15) is 6.54 Å². The predicted molar refractivity (Wildman–Crippen MR) is 64.8 cm³/mol. The molecule has 1 aromatic carbocycles. The molecule has 1 heterocycles. The van der Waals surface area contributed by atoms with Gasteiger partial charge < -0.3 is 4.90 Å². The number of quaternary nitrogens is 1. The summed E-state index contributed by atoms with van der Waals surface area (Å²) < 4.78 is 0. The first-order valence-corrected chi connectivity index (χ1v) is 6.56. The number of rotatable bonds is 3. The van der Waals surface area contributed by atoms with Crippen LogP contribution in [-0.2, 0) is 6.54 Å². The Morgan fingerprint density at radius 3 is 2.44 bits per heavy atom. The third-order valence-electron chi connectivity index (χ3n) is 2.80. The van der Waals surface area contributed by atoms with E-state index in [2.05, 4.69) is 0 Å². The molecule has 1 fully saturated rings. The summed E-state index contributed by atoms with van der Waals surface area (Å²) in [6.45, 7) is 3.38. The van der Waals surface area contributed by atoms with E-state index in [1.165, 1.54) is 30.2 Å². The van der Waals surface area contributed by atoms with Gasteiger partial charge in [-0.15, -0.1) is 0 Å². The standard InChI is InChI=1S/C11H14N2O2S/c14-13(15)11-3-1-10(2-4-11)9-12-5-7-16-8-6-12/h1-4H,5-9H2/p+1. The molecule has 1 saturated heterocycles. The fourth-order valence-electron chi connectivity index (χ4n) is 1.86. The molecular formula is C11H15N2O2S+. The Morgan fingerprint density at radius 1 is 1.25 bits per heavy atom. The maximum Gasteiger partial charge on any atom is 0.269 e. The second-order valence-electron chi connectivity index (χ2n) is 3.96. The molecule has 0 atom stereocenters. The largest absolute Gasteiger partial charge is 0.330 e. The topological polar surface area (TPSA) is 47.6 Å². The lowest BCUT2D eigenvalue weighted by atomic mass is 10.2. The van der Waals surface area contributed by atoms with Crippen LogP contribution in [0.2, 0.25) is 0 Å². The fourth-order valence-corrected chi connectivity index (χ4v) is 2.93. The van der Waals surface area contributed by atoms with Gasteiger partial charge in [0.25, 0.3) is 5.69 Å². The Kier molecular flexibility index (Phi) is 3.79. The van der Waals surface area contributed by atoms with Gasteiger partial charge in [0.2, 0.25) is 0 Å². The van der Waals surface area contributed by atoms with E-state index < -0.39 is 0 Å². The van der Waals surface area contributed by atoms with E-state index in [-0.39, 0.29) is 10.6 Å². The van der Waals surface area contributed by atoms with E-state index in [9.17, 15) is 10.1 Å². The zero-order valence-electron chi connectivity index (χ0n) is 9.02. The van der Waals surface area contributed by atoms with Crippen molar-refractivity contribution < 1.29 is 9.82 Å². The molecule has 1 aliphatic rings. The minimum absolute atomic E-state index is 0.174. The highest BCUT2D eigenvalue weighted by molar-refractivity contribution is 7.99. The van der Waals surface area contributed by atoms with Crippen LogP contribution >= 0.6 is 11.8 Å². The van der Waals surface area contributed by atoms with Crippen LogP contribution in [-0.4, -0.2) is 29.5 Å². The van der Waals surface area contributed by atoms with Crippen molar-refractivity contribution in [3.05, 3.63) is 39.9 Å². The third-order valence-corrected chi connectivity index (χ3v) is 3.79. The number of hydrogen-bond acceptors (Lipinski definition) is 3. The number of hydrogen-bond donors (Lipinski definition) is 1. The van der Waals surface area contributed by atoms with Gasteiger partial charge in [-0.05, 0) is 12.1 Å². The molecule has 0 saturated carbocycles. The number of nitrogens with one attached hydrogen (secondary N) is 1. The first-order chi connectivity index (χ1) is 7.75. The van der Waals surface area contributed by atoms with Crippen molar-refractivity contribution in [3.8, 4) is 0 Å². The summed E-state index contributed by atoms with van der Waals surface area (Å²) in [7, 11) is 0. The number of nitro groups is 1. The first kappa shape index (κ1) is 11.4. The van der Waals surface area contributed by atoms with Crippen molar-refractivity contribution in [2.45, 2.75) is 6.54 Å². The Balaban J connectivity index is 1.96. The maximum atomic E-state index is 10.5. The Labute approximate surface area is 98.8 Å². The Morgan fingerprint density at radius 2 is 1.88 bits per heavy atom. The van der Waals surface area contributed by atoms with Crippen molar-refractivity contribution >= 4 is 17.4 Å². The van der Waals surface area contributed by atoms with Gasteiger partial charge in [-0.3, -0.25) is 10.1 Å². The SMILES string of the molecule is O=[N+]([O-])c1ccc(C[NH+]2CCSCC2)cc1. The van der Waals surface area contributed by atoms with Gasteiger partial charge in [0, 0.05) is 29.2 Å². The second kappa shape index (κ2) is 5.32. The number of benzene rings is 1. The summed E-state index contributed by atoms with van der Waals surface area (Å²) in [5.41, 5.74) is 1.36. The van der Waals surface area contributed by atoms with Gasteiger partial charge in [0.15, 0.2) is 0 Å². The Bertz CT molecular complexity index is 361. The highest BCUT2D eigenvalue weighted by Gasteiger charge is 2.14. The molecule has 0 aliphatic carbocycles. The lowest BCUT2D eigenvalue weighted by Crippen LogP contribution is -3.12. The van der Waals surface area contributed by atoms with Crippen molar-refractivity contribution in [2.24, 2.45) is 0 Å². The van der Waals surface area contributed by atoms with Gasteiger partial charge in [-0.1, -0.05) is 0 Å². The van der Waals surface area contributed by atoms with Crippen molar-refractivity contribution in [3.63, 3.8) is 0 Å². The smallest absolute Gasteiger partial charge is 0.269 e. The maximum absolute atomic E-state index is 10.5. The molecule has 0 bridgehead atoms. The van der Waals surface area contributed by atoms with Gasteiger partial charge >= 0.3 is 0 Å². The molecule has 16 heavy (non-hydrogen) atoms. The molecule has 5 heteroatoms. The number of thioether (sulfide) groups is 1. The van der Waals surface area contributed by atoms with Crippen LogP contribution in [0.3, 0.4) is 0 Å². The molecule has 0 radical (unpaired) electrons. The monoisotopic (exact) mass is 239 g/mol. The second-order valence-corrected chi connectivity index (χ2v) is 5.19. The molecular weight excluding hydrogens is 224 g/mol. The minimum atomic E-state index is -0.353. The van der Waals surface area contributed by atoms with E-state index >= 15 is 0 Å². The quantitative estimate of drug-likeness (QED) is 0.625. The summed E-state index contributed by atoms with van der Waals surface area (Å²) in [5, 5.41) is 10.5. The van der Waals surface area contributed by atoms with Crippen LogP contribution in [0.15, 0.2) is 24.3 Å². The van der Waals surface area contributed by atoms with Gasteiger partial charge in [-0.2, -0.15) is 11.8 Å². The fraction of sp³-hybridized carbons (Fsp3) is 0.455. The van der Waals surface area contributed by atoms with Crippen molar-refractivity contribution in [1.29, 1.82) is 0 Å².